The van der Waals surface area contributed by atoms with Crippen LogP contribution in [0, 0.1) is 0 Å². The molecule has 0 spiro atoms. The maximum absolute atomic E-state index is 8.07. The molecular formula is C22H52N3OTi. The molecule has 0 unspecified atom stereocenters. The van der Waals surface area contributed by atoms with Crippen LogP contribution >= 0.6 is 0 Å². The van der Waals surface area contributed by atoms with Crippen molar-refractivity contribution in [3.8, 4) is 0 Å². The monoisotopic (exact) mass is 422 g/mol. The Morgan fingerprint density at radius 1 is 0.444 bits per heavy atom. The third-order valence-corrected chi connectivity index (χ3v) is 2.80. The van der Waals surface area contributed by atoms with Crippen molar-refractivity contribution >= 4 is 0 Å². The summed E-state index contributed by atoms with van der Waals surface area (Å²) < 4.78 is 0. The molecule has 0 bridgehead atoms. The largest absolute Gasteiger partial charge is 3.00 e. The van der Waals surface area contributed by atoms with Crippen LogP contribution in [0.15, 0.2) is 0 Å². The molecule has 1 radical (unpaired) electrons. The van der Waals surface area contributed by atoms with Gasteiger partial charge < -0.3 is 21.1 Å². The normalized spacial score (nSPS) is 8.89. The summed E-state index contributed by atoms with van der Waals surface area (Å²) in [6.07, 6.45) is 9.20. The molecule has 0 atom stereocenters. The second-order valence-electron chi connectivity index (χ2n) is 6.09. The minimum atomic E-state index is 0. The van der Waals surface area contributed by atoms with E-state index in [1.807, 2.05) is 0 Å². The van der Waals surface area contributed by atoms with Crippen LogP contribution in [0.3, 0.4) is 0 Å². The number of aliphatic hydroxyl groups excluding tert-OH is 1. The third-order valence-electron chi connectivity index (χ3n) is 2.80. The van der Waals surface area contributed by atoms with Gasteiger partial charge in [0.2, 0.25) is 0 Å². The summed E-state index contributed by atoms with van der Waals surface area (Å²) in [5.74, 6) is 0. The summed E-state index contributed by atoms with van der Waals surface area (Å²) in [6, 6.07) is 0. The van der Waals surface area contributed by atoms with E-state index in [1.165, 1.54) is 38.5 Å². The van der Waals surface area contributed by atoms with Crippen LogP contribution in [-0.4, -0.2) is 51.0 Å². The first kappa shape index (κ1) is 38.2. The van der Waals surface area contributed by atoms with Crippen molar-refractivity contribution < 1.29 is 26.8 Å². The third kappa shape index (κ3) is 75.6. The van der Waals surface area contributed by atoms with Crippen LogP contribution in [-0.2, 0) is 21.7 Å². The molecule has 27 heavy (non-hydrogen) atoms. The van der Waals surface area contributed by atoms with Gasteiger partial charge in [0.1, 0.15) is 0 Å². The Labute approximate surface area is 188 Å². The molecule has 0 aromatic carbocycles. The molecule has 0 aromatic rings. The summed E-state index contributed by atoms with van der Waals surface area (Å²) in [7, 11) is 0. The predicted molar refractivity (Wildman–Crippen MR) is 123 cm³/mol. The molecule has 0 heterocycles. The fourth-order valence-corrected chi connectivity index (χ4v) is 1.44. The Morgan fingerprint density at radius 3 is 0.741 bits per heavy atom. The van der Waals surface area contributed by atoms with Crippen molar-refractivity contribution in [2.45, 2.75) is 99.8 Å². The van der Waals surface area contributed by atoms with Crippen LogP contribution in [0.1, 0.15) is 99.8 Å². The van der Waals surface area contributed by atoms with Gasteiger partial charge in [-0.25, -0.2) is 0 Å². The van der Waals surface area contributed by atoms with Crippen molar-refractivity contribution in [3.63, 3.8) is 0 Å². The molecule has 0 saturated heterocycles. The number of hydrogen-bond acceptors (Lipinski definition) is 1. The Kier molecular flexibility index (Phi) is 71.3. The minimum Gasteiger partial charge on any atom is -0.662 e. The predicted octanol–water partition coefficient (Wildman–Crippen LogP) is 7.32. The van der Waals surface area contributed by atoms with Crippen LogP contribution in [0.5, 0.6) is 0 Å². The van der Waals surface area contributed by atoms with Gasteiger partial charge in [-0.2, -0.15) is 0 Å². The minimum absolute atomic E-state index is 0. The van der Waals surface area contributed by atoms with Gasteiger partial charge in [0, 0.05) is 6.61 Å². The standard InChI is InChI=1S/3C6H14N.C4H10O.Ti/c3*1-3-5-7-6-4-2;1-2-3-4-5;/h3*3-6H2,1-2H3;5H,2-4H2,1H3;/q3*-1;;+3. The number of aliphatic hydroxyl groups is 1. The molecule has 0 fully saturated rings. The van der Waals surface area contributed by atoms with Gasteiger partial charge in [-0.1, -0.05) is 93.4 Å². The topological polar surface area (TPSA) is 62.5 Å². The van der Waals surface area contributed by atoms with Gasteiger partial charge in [0.05, 0.1) is 0 Å². The van der Waals surface area contributed by atoms with E-state index < -0.39 is 0 Å². The van der Waals surface area contributed by atoms with Crippen molar-refractivity contribution in [2.75, 3.05) is 45.9 Å². The first-order chi connectivity index (χ1) is 12.7. The van der Waals surface area contributed by atoms with Crippen LogP contribution in [0.25, 0.3) is 16.0 Å². The van der Waals surface area contributed by atoms with Gasteiger partial charge in [0.15, 0.2) is 0 Å². The van der Waals surface area contributed by atoms with E-state index in [0.29, 0.717) is 6.61 Å². The van der Waals surface area contributed by atoms with E-state index in [9.17, 15) is 0 Å². The number of unbranched alkanes of at least 4 members (excludes halogenated alkanes) is 1. The second-order valence-corrected chi connectivity index (χ2v) is 6.09. The first-order valence-electron chi connectivity index (χ1n) is 11.2. The average Bonchev–Trinajstić information content (AvgIpc) is 2.65. The number of nitrogens with zero attached hydrogens (tertiary/aromatic N) is 3. The van der Waals surface area contributed by atoms with Crippen molar-refractivity contribution in [3.05, 3.63) is 16.0 Å². The molecule has 0 aliphatic heterocycles. The van der Waals surface area contributed by atoms with E-state index in [0.717, 1.165) is 52.1 Å². The Balaban J connectivity index is -0.0000000793. The van der Waals surface area contributed by atoms with E-state index in [2.05, 4.69) is 64.4 Å². The summed E-state index contributed by atoms with van der Waals surface area (Å²) in [5, 5.41) is 20.7. The van der Waals surface area contributed by atoms with Gasteiger partial charge in [0.25, 0.3) is 0 Å². The second kappa shape index (κ2) is 50.4. The molecule has 0 saturated carbocycles. The maximum atomic E-state index is 8.07. The van der Waals surface area contributed by atoms with E-state index >= 15 is 0 Å². The zero-order chi connectivity index (χ0) is 20.7. The zero-order valence-electron chi connectivity index (χ0n) is 19.9. The molecule has 4 nitrogen and oxygen atoms in total. The average molecular weight is 423 g/mol. The van der Waals surface area contributed by atoms with Crippen LogP contribution < -0.4 is 0 Å². The fourth-order valence-electron chi connectivity index (χ4n) is 1.44. The molecule has 0 rings (SSSR count). The molecule has 0 aliphatic rings. The van der Waals surface area contributed by atoms with Gasteiger partial charge in [-0.15, -0.1) is 39.3 Å². The van der Waals surface area contributed by atoms with E-state index in [4.69, 9.17) is 5.11 Å². The van der Waals surface area contributed by atoms with E-state index in [1.54, 1.807) is 0 Å². The molecule has 165 valence electrons. The number of rotatable bonds is 14. The van der Waals surface area contributed by atoms with Crippen LogP contribution in [0.2, 0.25) is 0 Å². The maximum Gasteiger partial charge on any atom is 3.00 e. The van der Waals surface area contributed by atoms with Crippen LogP contribution in [0.4, 0.5) is 0 Å². The quantitative estimate of drug-likeness (QED) is 0.231. The van der Waals surface area contributed by atoms with Gasteiger partial charge in [-0.05, 0) is 6.42 Å². The summed E-state index contributed by atoms with van der Waals surface area (Å²) in [6.45, 7) is 21.6. The molecular weight excluding hydrogens is 370 g/mol. The SMILES string of the molecule is CCCCO.CCC[N-]CCC.CCC[N-]CCC.CCC[N-]CCC.[Ti+3]. The fraction of sp³-hybridized carbons (Fsp3) is 1.00. The molecule has 5 heteroatoms. The summed E-state index contributed by atoms with van der Waals surface area (Å²) in [5.41, 5.74) is 0. The smallest absolute Gasteiger partial charge is 0.662 e. The zero-order valence-corrected chi connectivity index (χ0v) is 21.5. The van der Waals surface area contributed by atoms with Gasteiger partial charge >= 0.3 is 21.7 Å². The van der Waals surface area contributed by atoms with E-state index in [-0.39, 0.29) is 21.7 Å². The number of hydrogen-bond donors (Lipinski definition) is 1. The Hall–Kier alpha value is 0.554. The molecule has 0 aliphatic carbocycles. The Bertz CT molecular complexity index is 138. The van der Waals surface area contributed by atoms with Gasteiger partial charge in [-0.3, -0.25) is 0 Å². The Morgan fingerprint density at radius 2 is 0.667 bits per heavy atom. The van der Waals surface area contributed by atoms with Crippen molar-refractivity contribution in [1.29, 1.82) is 0 Å². The molecule has 0 amide bonds. The van der Waals surface area contributed by atoms with Crippen molar-refractivity contribution in [2.24, 2.45) is 0 Å². The summed E-state index contributed by atoms with van der Waals surface area (Å²) >= 11 is 0. The molecule has 1 N–H and O–H groups in total. The molecule has 0 aromatic heterocycles. The summed E-state index contributed by atoms with van der Waals surface area (Å²) in [4.78, 5) is 0. The first-order valence-corrected chi connectivity index (χ1v) is 11.2. The van der Waals surface area contributed by atoms with Crippen molar-refractivity contribution in [1.82, 2.24) is 0 Å².